The zero-order valence-electron chi connectivity index (χ0n) is 8.87. The van der Waals surface area contributed by atoms with Crippen LogP contribution in [0, 0.1) is 0 Å². The normalized spacial score (nSPS) is 14.3. The average molecular weight is 214 g/mol. The number of aliphatic hydroxyl groups excluding tert-OH is 1. The molecule has 1 heterocycles. The lowest BCUT2D eigenvalue weighted by molar-refractivity contribution is 0.0959. The minimum atomic E-state index is -0.385. The van der Waals surface area contributed by atoms with Crippen LogP contribution in [-0.2, 0) is 6.54 Å². The molecule has 1 unspecified atom stereocenters. The van der Waals surface area contributed by atoms with E-state index in [4.69, 9.17) is 5.73 Å². The molecule has 0 bridgehead atoms. The Morgan fingerprint density at radius 3 is 2.71 bits per heavy atom. The van der Waals surface area contributed by atoms with Gasteiger partial charge in [-0.05, 0) is 32.2 Å². The summed E-state index contributed by atoms with van der Waals surface area (Å²) in [6.45, 7) is 6.44. The van der Waals surface area contributed by atoms with Crippen molar-refractivity contribution >= 4 is 17.0 Å². The van der Waals surface area contributed by atoms with Crippen molar-refractivity contribution < 1.29 is 5.11 Å². The highest BCUT2D eigenvalue weighted by Crippen LogP contribution is 2.20. The van der Waals surface area contributed by atoms with Crippen molar-refractivity contribution in [3.63, 3.8) is 0 Å². The summed E-state index contributed by atoms with van der Waals surface area (Å²) < 4.78 is 0. The van der Waals surface area contributed by atoms with E-state index in [0.29, 0.717) is 6.54 Å². The Kier molecular flexibility index (Phi) is 3.53. The molecule has 4 heteroatoms. The van der Waals surface area contributed by atoms with Crippen molar-refractivity contribution in [3.05, 3.63) is 16.3 Å². The van der Waals surface area contributed by atoms with Gasteiger partial charge in [-0.1, -0.05) is 0 Å². The highest BCUT2D eigenvalue weighted by Gasteiger charge is 2.23. The third kappa shape index (κ3) is 2.70. The second-order valence-corrected chi connectivity index (χ2v) is 5.05. The topological polar surface area (TPSA) is 58.3 Å². The minimum absolute atomic E-state index is 0.281. The predicted octanol–water partition coefficient (Wildman–Crippen LogP) is 1.58. The van der Waals surface area contributed by atoms with Gasteiger partial charge in [-0.2, -0.15) is 0 Å². The van der Waals surface area contributed by atoms with Gasteiger partial charge in [-0.25, -0.2) is 0 Å². The number of thiophene rings is 1. The van der Waals surface area contributed by atoms with Gasteiger partial charge in [0.05, 0.1) is 6.10 Å². The molecule has 3 nitrogen and oxygen atoms in total. The summed E-state index contributed by atoms with van der Waals surface area (Å²) in [4.78, 5) is 1.12. The Hall–Kier alpha value is -0.580. The molecular weight excluding hydrogens is 196 g/mol. The van der Waals surface area contributed by atoms with Gasteiger partial charge in [0.15, 0.2) is 0 Å². The monoisotopic (exact) mass is 214 g/mol. The Balaban J connectivity index is 2.53. The number of nitrogens with one attached hydrogen (secondary N) is 1. The molecule has 4 N–H and O–H groups in total. The molecule has 0 saturated heterocycles. The highest BCUT2D eigenvalue weighted by atomic mass is 32.1. The van der Waals surface area contributed by atoms with E-state index in [-0.39, 0.29) is 11.6 Å². The van der Waals surface area contributed by atoms with Crippen LogP contribution >= 0.6 is 11.3 Å². The first kappa shape index (κ1) is 11.5. The third-order valence-corrected chi connectivity index (χ3v) is 3.47. The van der Waals surface area contributed by atoms with Crippen molar-refractivity contribution in [3.8, 4) is 0 Å². The largest absolute Gasteiger partial charge is 0.398 e. The second-order valence-electron chi connectivity index (χ2n) is 4.05. The number of aliphatic hydroxyl groups is 1. The Labute approximate surface area is 88.9 Å². The molecule has 0 spiro atoms. The molecule has 1 aromatic rings. The Morgan fingerprint density at radius 1 is 1.64 bits per heavy atom. The predicted molar refractivity (Wildman–Crippen MR) is 61.3 cm³/mol. The van der Waals surface area contributed by atoms with Gasteiger partial charge in [-0.15, -0.1) is 11.3 Å². The van der Waals surface area contributed by atoms with E-state index in [0.717, 1.165) is 10.6 Å². The summed E-state index contributed by atoms with van der Waals surface area (Å²) in [5, 5.41) is 14.7. The van der Waals surface area contributed by atoms with Gasteiger partial charge in [0.25, 0.3) is 0 Å². The van der Waals surface area contributed by atoms with E-state index in [2.05, 4.69) is 5.32 Å². The van der Waals surface area contributed by atoms with Crippen LogP contribution in [0.3, 0.4) is 0 Å². The number of hydrogen-bond acceptors (Lipinski definition) is 4. The maximum absolute atomic E-state index is 9.49. The zero-order chi connectivity index (χ0) is 10.8. The second kappa shape index (κ2) is 4.29. The fourth-order valence-corrected chi connectivity index (χ4v) is 1.69. The van der Waals surface area contributed by atoms with Crippen LogP contribution in [0.2, 0.25) is 0 Å². The van der Waals surface area contributed by atoms with Crippen molar-refractivity contribution in [1.29, 1.82) is 0 Å². The SMILES string of the molecule is CC(O)C(C)(C)NCc1sccc1N. The standard InChI is InChI=1S/C10H18N2OS/c1-7(13)10(2,3)12-6-9-8(11)4-5-14-9/h4-5,7,12-13H,6,11H2,1-3H3. The quantitative estimate of drug-likeness (QED) is 0.713. The lowest BCUT2D eigenvalue weighted by Crippen LogP contribution is -2.47. The average Bonchev–Trinajstić information content (AvgIpc) is 2.47. The van der Waals surface area contributed by atoms with E-state index in [1.54, 1.807) is 18.3 Å². The number of hydrogen-bond donors (Lipinski definition) is 3. The molecule has 0 aliphatic rings. The van der Waals surface area contributed by atoms with Crippen molar-refractivity contribution in [1.82, 2.24) is 5.32 Å². The third-order valence-electron chi connectivity index (χ3n) is 2.53. The van der Waals surface area contributed by atoms with Crippen LogP contribution in [0.1, 0.15) is 25.6 Å². The Morgan fingerprint density at radius 2 is 2.29 bits per heavy atom. The molecular formula is C10H18N2OS. The molecule has 0 fully saturated rings. The maximum Gasteiger partial charge on any atom is 0.0688 e. The Bertz CT molecular complexity index is 294. The van der Waals surface area contributed by atoms with E-state index in [9.17, 15) is 5.11 Å². The maximum atomic E-state index is 9.49. The van der Waals surface area contributed by atoms with Gasteiger partial charge in [0.2, 0.25) is 0 Å². The summed E-state index contributed by atoms with van der Waals surface area (Å²) >= 11 is 1.63. The molecule has 14 heavy (non-hydrogen) atoms. The van der Waals surface area contributed by atoms with Crippen LogP contribution in [0.15, 0.2) is 11.4 Å². The molecule has 0 saturated carbocycles. The summed E-state index contributed by atoms with van der Waals surface area (Å²) in [6, 6.07) is 1.90. The van der Waals surface area contributed by atoms with Crippen molar-refractivity contribution in [2.24, 2.45) is 0 Å². The molecule has 0 radical (unpaired) electrons. The van der Waals surface area contributed by atoms with Crippen molar-refractivity contribution in [2.45, 2.75) is 39.0 Å². The van der Waals surface area contributed by atoms with Gasteiger partial charge in [-0.3, -0.25) is 0 Å². The van der Waals surface area contributed by atoms with Crippen LogP contribution in [0.25, 0.3) is 0 Å². The summed E-state index contributed by atoms with van der Waals surface area (Å²) in [6.07, 6.45) is -0.385. The first-order valence-corrected chi connectivity index (χ1v) is 5.56. The molecule has 1 rings (SSSR count). The minimum Gasteiger partial charge on any atom is -0.398 e. The van der Waals surface area contributed by atoms with Crippen LogP contribution in [-0.4, -0.2) is 16.7 Å². The molecule has 1 atom stereocenters. The van der Waals surface area contributed by atoms with Gasteiger partial charge < -0.3 is 16.2 Å². The first-order chi connectivity index (χ1) is 6.43. The molecule has 0 amide bonds. The van der Waals surface area contributed by atoms with Gasteiger partial charge in [0, 0.05) is 22.6 Å². The first-order valence-electron chi connectivity index (χ1n) is 4.68. The lowest BCUT2D eigenvalue weighted by atomic mass is 9.99. The van der Waals surface area contributed by atoms with Gasteiger partial charge >= 0.3 is 0 Å². The van der Waals surface area contributed by atoms with Crippen molar-refractivity contribution in [2.75, 3.05) is 5.73 Å². The lowest BCUT2D eigenvalue weighted by Gasteiger charge is -2.29. The molecule has 0 aromatic carbocycles. The molecule has 0 aliphatic carbocycles. The number of nitrogen functional groups attached to an aromatic ring is 1. The van der Waals surface area contributed by atoms with E-state index in [1.165, 1.54) is 0 Å². The van der Waals surface area contributed by atoms with Crippen LogP contribution in [0.4, 0.5) is 5.69 Å². The number of rotatable bonds is 4. The van der Waals surface area contributed by atoms with Gasteiger partial charge in [0.1, 0.15) is 0 Å². The summed E-state index contributed by atoms with van der Waals surface area (Å²) in [5.74, 6) is 0. The number of anilines is 1. The smallest absolute Gasteiger partial charge is 0.0688 e. The summed E-state index contributed by atoms with van der Waals surface area (Å²) in [5.41, 5.74) is 6.30. The highest BCUT2D eigenvalue weighted by molar-refractivity contribution is 7.10. The fraction of sp³-hybridized carbons (Fsp3) is 0.600. The molecule has 1 aromatic heterocycles. The van der Waals surface area contributed by atoms with E-state index in [1.807, 2.05) is 25.3 Å². The number of nitrogens with two attached hydrogens (primary N) is 1. The van der Waals surface area contributed by atoms with E-state index >= 15 is 0 Å². The van der Waals surface area contributed by atoms with Crippen LogP contribution < -0.4 is 11.1 Å². The molecule has 80 valence electrons. The van der Waals surface area contributed by atoms with E-state index < -0.39 is 0 Å². The molecule has 0 aliphatic heterocycles. The summed E-state index contributed by atoms with van der Waals surface area (Å²) in [7, 11) is 0. The zero-order valence-corrected chi connectivity index (χ0v) is 9.69. The van der Waals surface area contributed by atoms with Crippen LogP contribution in [0.5, 0.6) is 0 Å². The fourth-order valence-electron chi connectivity index (χ4n) is 0.950.